The molecule has 1 heterocycles. The minimum atomic E-state index is -0.973. The van der Waals surface area contributed by atoms with Gasteiger partial charge in [0.25, 0.3) is 11.7 Å². The van der Waals surface area contributed by atoms with Crippen molar-refractivity contribution in [1.29, 1.82) is 0 Å². The first-order chi connectivity index (χ1) is 15.8. The van der Waals surface area contributed by atoms with E-state index in [1.165, 1.54) is 48.4 Å². The van der Waals surface area contributed by atoms with E-state index in [9.17, 15) is 24.2 Å². The fourth-order valence-electron chi connectivity index (χ4n) is 4.12. The Morgan fingerprint density at radius 1 is 1.15 bits per heavy atom. The number of carbonyl (C=O) groups is 2. The van der Waals surface area contributed by atoms with Crippen molar-refractivity contribution in [1.82, 2.24) is 9.80 Å². The number of likely N-dealkylation sites (tertiary alicyclic amines) is 1. The van der Waals surface area contributed by atoms with Crippen LogP contribution in [0.4, 0.5) is 4.39 Å². The van der Waals surface area contributed by atoms with Gasteiger partial charge in [-0.05, 0) is 55.9 Å². The highest BCUT2D eigenvalue weighted by atomic mass is 19.1. The van der Waals surface area contributed by atoms with Gasteiger partial charge in [-0.2, -0.15) is 0 Å². The Bertz CT molecular complexity index is 1060. The first-order valence-electron chi connectivity index (χ1n) is 11.0. The summed E-state index contributed by atoms with van der Waals surface area (Å²) in [5.74, 6) is -2.62. The van der Waals surface area contributed by atoms with Gasteiger partial charge in [-0.25, -0.2) is 4.39 Å². The number of Topliss-reactive ketones (excluding diaryl/α,β-unsaturated/α-hetero) is 1. The monoisotopic (exact) mass is 456 g/mol. The number of rotatable bonds is 9. The van der Waals surface area contributed by atoms with Gasteiger partial charge in [-0.1, -0.05) is 26.0 Å². The van der Waals surface area contributed by atoms with Crippen LogP contribution in [0.2, 0.25) is 0 Å². The predicted molar refractivity (Wildman–Crippen MR) is 122 cm³/mol. The average molecular weight is 457 g/mol. The second-order valence-corrected chi connectivity index (χ2v) is 7.81. The largest absolute Gasteiger partial charge is 0.507 e. The van der Waals surface area contributed by atoms with Gasteiger partial charge in [-0.15, -0.1) is 0 Å². The van der Waals surface area contributed by atoms with Gasteiger partial charge in [0.1, 0.15) is 23.1 Å². The highest BCUT2D eigenvalue weighted by Crippen LogP contribution is 2.41. The molecule has 0 aliphatic carbocycles. The van der Waals surface area contributed by atoms with Crippen molar-refractivity contribution in [2.45, 2.75) is 26.3 Å². The third-order valence-corrected chi connectivity index (χ3v) is 5.93. The molecule has 2 aromatic rings. The van der Waals surface area contributed by atoms with Gasteiger partial charge in [0.05, 0.1) is 24.3 Å². The fourth-order valence-corrected chi connectivity index (χ4v) is 4.12. The van der Waals surface area contributed by atoms with Crippen LogP contribution < -0.4 is 4.74 Å². The number of ether oxygens (including phenoxy) is 1. The fraction of sp³-hybridized carbons (Fsp3) is 0.360. The van der Waals surface area contributed by atoms with Crippen molar-refractivity contribution in [2.24, 2.45) is 0 Å². The topological polar surface area (TPSA) is 90.3 Å². The number of nitrogens with zero attached hydrogens (tertiary/aromatic N) is 2. The predicted octanol–water partition coefficient (Wildman–Crippen LogP) is 3.69. The lowest BCUT2D eigenvalue weighted by molar-refractivity contribution is -0.140. The molecule has 33 heavy (non-hydrogen) atoms. The third-order valence-electron chi connectivity index (χ3n) is 5.93. The first-order valence-corrected chi connectivity index (χ1v) is 11.0. The third kappa shape index (κ3) is 5.01. The number of methoxy groups -OCH3 is 1. The number of hydrogen-bond donors (Lipinski definition) is 2. The molecule has 1 aliphatic rings. The van der Waals surface area contributed by atoms with Gasteiger partial charge in [0.15, 0.2) is 0 Å². The van der Waals surface area contributed by atoms with Gasteiger partial charge < -0.3 is 24.7 Å². The number of phenols is 1. The average Bonchev–Trinajstić information content (AvgIpc) is 3.06. The van der Waals surface area contributed by atoms with E-state index in [1.807, 2.05) is 13.8 Å². The summed E-state index contributed by atoms with van der Waals surface area (Å²) >= 11 is 0. The van der Waals surface area contributed by atoms with Gasteiger partial charge in [-0.3, -0.25) is 9.59 Å². The molecule has 1 fully saturated rings. The summed E-state index contributed by atoms with van der Waals surface area (Å²) in [5.41, 5.74) is 0.166. The summed E-state index contributed by atoms with van der Waals surface area (Å²) in [7, 11) is 1.43. The molecule has 1 unspecified atom stereocenters. The number of aliphatic hydroxyl groups is 1. The maximum Gasteiger partial charge on any atom is 0.295 e. The zero-order valence-electron chi connectivity index (χ0n) is 19.0. The zero-order valence-corrected chi connectivity index (χ0v) is 19.0. The molecule has 0 bridgehead atoms. The van der Waals surface area contributed by atoms with E-state index in [1.54, 1.807) is 6.07 Å². The normalized spacial score (nSPS) is 17.7. The molecular formula is C25H29FN2O5. The number of phenolic OH excluding ortho intramolecular Hbond substituents is 1. The molecule has 8 heteroatoms. The Balaban J connectivity index is 2.06. The minimum Gasteiger partial charge on any atom is -0.507 e. The highest BCUT2D eigenvalue weighted by Gasteiger charge is 2.46. The Morgan fingerprint density at radius 3 is 2.48 bits per heavy atom. The van der Waals surface area contributed by atoms with E-state index >= 15 is 0 Å². The first kappa shape index (κ1) is 24.3. The van der Waals surface area contributed by atoms with E-state index in [2.05, 4.69) is 4.90 Å². The molecular weight excluding hydrogens is 427 g/mol. The van der Waals surface area contributed by atoms with Crippen LogP contribution in [-0.4, -0.2) is 65.0 Å². The van der Waals surface area contributed by atoms with E-state index in [0.717, 1.165) is 19.6 Å². The van der Waals surface area contributed by atoms with Crippen LogP contribution in [0.3, 0.4) is 0 Å². The van der Waals surface area contributed by atoms with Crippen molar-refractivity contribution < 1.29 is 28.9 Å². The van der Waals surface area contributed by atoms with Crippen LogP contribution in [0.25, 0.3) is 5.76 Å². The SMILES string of the molecule is CCN(CC)CCCN1C(=O)C(=O)C(=C(O)c2ccc(OC)cc2O)C1c1cccc(F)c1. The number of aromatic hydroxyl groups is 1. The van der Waals surface area contributed by atoms with Crippen LogP contribution in [0.5, 0.6) is 11.5 Å². The van der Waals surface area contributed by atoms with Crippen LogP contribution in [0.1, 0.15) is 37.4 Å². The standard InChI is InChI=1S/C25H29FN2O5/c1-4-27(5-2)12-7-13-28-22(16-8-6-9-17(26)14-16)21(24(31)25(28)32)23(30)19-11-10-18(33-3)15-20(19)29/h6,8-11,14-15,22,29-30H,4-5,7,12-13H2,1-3H3. The summed E-state index contributed by atoms with van der Waals surface area (Å²) in [6, 6.07) is 8.86. The number of amides is 1. The van der Waals surface area contributed by atoms with Gasteiger partial charge >= 0.3 is 0 Å². The summed E-state index contributed by atoms with van der Waals surface area (Å²) in [6.45, 7) is 6.80. The van der Waals surface area contributed by atoms with Crippen LogP contribution >= 0.6 is 0 Å². The van der Waals surface area contributed by atoms with Gasteiger partial charge in [0, 0.05) is 12.6 Å². The molecule has 1 aliphatic heterocycles. The van der Waals surface area contributed by atoms with Crippen LogP contribution in [0, 0.1) is 5.82 Å². The molecule has 1 saturated heterocycles. The van der Waals surface area contributed by atoms with E-state index in [0.29, 0.717) is 17.7 Å². The van der Waals surface area contributed by atoms with Crippen LogP contribution in [0.15, 0.2) is 48.0 Å². The Labute approximate surface area is 192 Å². The van der Waals surface area contributed by atoms with Crippen molar-refractivity contribution in [2.75, 3.05) is 33.3 Å². The maximum atomic E-state index is 14.1. The maximum absolute atomic E-state index is 14.1. The van der Waals surface area contributed by atoms with Gasteiger partial charge in [0.2, 0.25) is 0 Å². The summed E-state index contributed by atoms with van der Waals surface area (Å²) < 4.78 is 19.1. The number of hydrogen-bond acceptors (Lipinski definition) is 6. The summed E-state index contributed by atoms with van der Waals surface area (Å²) in [4.78, 5) is 29.6. The molecule has 2 N–H and O–H groups in total. The smallest absolute Gasteiger partial charge is 0.295 e. The number of halogens is 1. The molecule has 0 spiro atoms. The molecule has 7 nitrogen and oxygen atoms in total. The van der Waals surface area contributed by atoms with Crippen LogP contribution in [-0.2, 0) is 9.59 Å². The van der Waals surface area contributed by atoms with Crippen molar-refractivity contribution in [3.63, 3.8) is 0 Å². The lowest BCUT2D eigenvalue weighted by Crippen LogP contribution is -2.33. The Hall–Kier alpha value is -3.39. The quantitative estimate of drug-likeness (QED) is 0.340. The van der Waals surface area contributed by atoms with Crippen molar-refractivity contribution in [3.8, 4) is 11.5 Å². The Kier molecular flexibility index (Phi) is 7.71. The Morgan fingerprint density at radius 2 is 1.88 bits per heavy atom. The van der Waals surface area contributed by atoms with Crippen molar-refractivity contribution in [3.05, 3.63) is 65.0 Å². The molecule has 2 aromatic carbocycles. The van der Waals surface area contributed by atoms with Crippen molar-refractivity contribution >= 4 is 17.4 Å². The number of benzene rings is 2. The molecule has 1 amide bonds. The lowest BCUT2D eigenvalue weighted by atomic mass is 9.95. The molecule has 176 valence electrons. The molecule has 0 aromatic heterocycles. The minimum absolute atomic E-state index is 0.0154. The second-order valence-electron chi connectivity index (χ2n) is 7.81. The second kappa shape index (κ2) is 10.5. The molecule has 0 saturated carbocycles. The molecule has 3 rings (SSSR count). The summed E-state index contributed by atoms with van der Waals surface area (Å²) in [6.07, 6.45) is 0.605. The summed E-state index contributed by atoms with van der Waals surface area (Å²) in [5, 5.41) is 21.4. The number of ketones is 1. The molecule has 1 atom stereocenters. The van der Waals surface area contributed by atoms with E-state index in [4.69, 9.17) is 4.74 Å². The lowest BCUT2D eigenvalue weighted by Gasteiger charge is -2.27. The number of aliphatic hydroxyl groups excluding tert-OH is 1. The molecule has 0 radical (unpaired) electrons. The van der Waals surface area contributed by atoms with E-state index < -0.39 is 29.3 Å². The zero-order chi connectivity index (χ0) is 24.1. The van der Waals surface area contributed by atoms with E-state index in [-0.39, 0.29) is 23.4 Å². The number of carbonyl (C=O) groups excluding carboxylic acids is 2. The highest BCUT2D eigenvalue weighted by molar-refractivity contribution is 6.46.